The zero-order valence-electron chi connectivity index (χ0n) is 14.8. The second-order valence-corrected chi connectivity index (χ2v) is 9.03. The van der Waals surface area contributed by atoms with Crippen LogP contribution in [0.4, 0.5) is 10.8 Å². The average Bonchev–Trinajstić information content (AvgIpc) is 3.21. The van der Waals surface area contributed by atoms with Gasteiger partial charge in [-0.3, -0.25) is 10.1 Å². The molecule has 0 spiro atoms. The number of nitrogens with two attached hydrogens (primary N) is 1. The van der Waals surface area contributed by atoms with Gasteiger partial charge in [0.05, 0.1) is 22.4 Å². The highest BCUT2D eigenvalue weighted by atomic mass is 32.2. The molecule has 2 heterocycles. The van der Waals surface area contributed by atoms with Crippen molar-refractivity contribution in [2.75, 3.05) is 11.1 Å². The average molecular weight is 389 g/mol. The van der Waals surface area contributed by atoms with Crippen molar-refractivity contribution in [1.82, 2.24) is 9.97 Å². The summed E-state index contributed by atoms with van der Waals surface area (Å²) in [6.07, 6.45) is 3.51. The maximum absolute atomic E-state index is 12.2. The van der Waals surface area contributed by atoms with Crippen molar-refractivity contribution in [3.63, 3.8) is 0 Å². The van der Waals surface area contributed by atoms with Crippen LogP contribution in [-0.4, -0.2) is 15.9 Å². The van der Waals surface area contributed by atoms with Gasteiger partial charge in [0.15, 0.2) is 5.13 Å². The minimum absolute atomic E-state index is 0.0569. The summed E-state index contributed by atoms with van der Waals surface area (Å²) in [5, 5.41) is 3.33. The zero-order chi connectivity index (χ0) is 18.7. The molecule has 0 saturated heterocycles. The normalized spacial score (nSPS) is 11.5. The molecule has 136 valence electrons. The van der Waals surface area contributed by atoms with E-state index >= 15 is 0 Å². The number of aromatic nitrogens is 2. The Labute approximate surface area is 160 Å². The fourth-order valence-corrected chi connectivity index (χ4v) is 3.81. The summed E-state index contributed by atoms with van der Waals surface area (Å²) in [6, 6.07) is 6.83. The van der Waals surface area contributed by atoms with Gasteiger partial charge in [0.1, 0.15) is 5.76 Å². The van der Waals surface area contributed by atoms with Crippen LogP contribution in [-0.2, 0) is 11.2 Å². The minimum Gasteiger partial charge on any atom is -0.444 e. The van der Waals surface area contributed by atoms with Crippen molar-refractivity contribution in [3.8, 4) is 0 Å². The van der Waals surface area contributed by atoms with Crippen LogP contribution in [0.1, 0.15) is 42.8 Å². The van der Waals surface area contributed by atoms with Crippen LogP contribution in [0.15, 0.2) is 45.3 Å². The van der Waals surface area contributed by atoms with Crippen LogP contribution in [0.25, 0.3) is 0 Å². The van der Waals surface area contributed by atoms with Crippen LogP contribution < -0.4 is 11.1 Å². The number of carbonyl (C=O) groups is 1. The van der Waals surface area contributed by atoms with Gasteiger partial charge >= 0.3 is 0 Å². The van der Waals surface area contributed by atoms with Gasteiger partial charge in [-0.1, -0.05) is 38.2 Å². The first kappa shape index (κ1) is 18.5. The highest BCUT2D eigenvalue weighted by Crippen LogP contribution is 2.32. The molecule has 0 aliphatic heterocycles. The van der Waals surface area contributed by atoms with Crippen molar-refractivity contribution >= 4 is 39.8 Å². The summed E-state index contributed by atoms with van der Waals surface area (Å²) >= 11 is 2.98. The Balaban J connectivity index is 1.58. The van der Waals surface area contributed by atoms with Crippen molar-refractivity contribution in [2.24, 2.45) is 0 Å². The maximum atomic E-state index is 12.2. The van der Waals surface area contributed by atoms with Gasteiger partial charge < -0.3 is 10.2 Å². The molecule has 0 aliphatic rings. The third kappa shape index (κ3) is 4.64. The van der Waals surface area contributed by atoms with Crippen molar-refractivity contribution in [3.05, 3.63) is 53.9 Å². The van der Waals surface area contributed by atoms with Crippen LogP contribution in [0, 0.1) is 0 Å². The third-order valence-electron chi connectivity index (χ3n) is 3.48. The van der Waals surface area contributed by atoms with E-state index in [4.69, 9.17) is 10.2 Å². The number of amides is 1. The number of thiazole rings is 1. The fraction of sp³-hybridized carbons (Fsp3) is 0.278. The zero-order valence-corrected chi connectivity index (χ0v) is 16.4. The van der Waals surface area contributed by atoms with Crippen molar-refractivity contribution < 1.29 is 9.21 Å². The number of benzene rings is 1. The largest absolute Gasteiger partial charge is 0.444 e. The SMILES string of the molecule is CC(C)(C)c1cnc(CSc2cnc(NC(=O)c3cccc(N)c3)s2)o1. The van der Waals surface area contributed by atoms with E-state index in [0.29, 0.717) is 28.0 Å². The Kier molecular flexibility index (Phi) is 5.33. The lowest BCUT2D eigenvalue weighted by Crippen LogP contribution is -2.11. The standard InChI is InChI=1S/C18H20N4O2S2/c1-18(2,3)13-8-20-14(24-13)10-25-15-9-21-17(26-15)22-16(23)11-5-4-6-12(19)7-11/h4-9H,10,19H2,1-3H3,(H,21,22,23). The van der Waals surface area contributed by atoms with Gasteiger partial charge in [-0.05, 0) is 18.2 Å². The molecule has 0 atom stereocenters. The molecule has 6 nitrogen and oxygen atoms in total. The maximum Gasteiger partial charge on any atom is 0.257 e. The molecule has 1 aromatic carbocycles. The first-order valence-corrected chi connectivity index (χ1v) is 9.82. The lowest BCUT2D eigenvalue weighted by molar-refractivity contribution is 0.102. The summed E-state index contributed by atoms with van der Waals surface area (Å²) < 4.78 is 6.76. The van der Waals surface area contributed by atoms with Gasteiger partial charge in [0, 0.05) is 16.7 Å². The summed E-state index contributed by atoms with van der Waals surface area (Å²) in [6.45, 7) is 6.26. The predicted molar refractivity (Wildman–Crippen MR) is 106 cm³/mol. The fourth-order valence-electron chi connectivity index (χ4n) is 2.09. The number of nitrogen functional groups attached to an aromatic ring is 1. The molecule has 3 aromatic rings. The molecule has 2 aromatic heterocycles. The van der Waals surface area contributed by atoms with Crippen molar-refractivity contribution in [1.29, 1.82) is 0 Å². The topological polar surface area (TPSA) is 94.0 Å². The van der Waals surface area contributed by atoms with Gasteiger partial charge in [-0.2, -0.15) is 0 Å². The minimum atomic E-state index is -0.231. The van der Waals surface area contributed by atoms with E-state index < -0.39 is 0 Å². The molecule has 0 fully saturated rings. The van der Waals surface area contributed by atoms with E-state index in [0.717, 1.165) is 9.97 Å². The molecule has 0 radical (unpaired) electrons. The molecule has 0 bridgehead atoms. The molecule has 0 aliphatic carbocycles. The molecular formula is C18H20N4O2S2. The number of carbonyl (C=O) groups excluding carboxylic acids is 1. The Morgan fingerprint density at radius 3 is 2.81 bits per heavy atom. The van der Waals surface area contributed by atoms with E-state index in [2.05, 4.69) is 36.1 Å². The second-order valence-electron chi connectivity index (χ2n) is 6.72. The van der Waals surface area contributed by atoms with E-state index in [-0.39, 0.29) is 11.3 Å². The Morgan fingerprint density at radius 1 is 1.31 bits per heavy atom. The van der Waals surface area contributed by atoms with E-state index in [9.17, 15) is 4.79 Å². The summed E-state index contributed by atoms with van der Waals surface area (Å²) in [7, 11) is 0. The summed E-state index contributed by atoms with van der Waals surface area (Å²) in [5.41, 5.74) is 6.70. The lowest BCUT2D eigenvalue weighted by Gasteiger charge is -2.12. The first-order valence-electron chi connectivity index (χ1n) is 8.02. The first-order chi connectivity index (χ1) is 12.3. The van der Waals surface area contributed by atoms with E-state index in [1.807, 2.05) is 0 Å². The number of thioether (sulfide) groups is 1. The second kappa shape index (κ2) is 7.51. The van der Waals surface area contributed by atoms with Crippen LogP contribution in [0.2, 0.25) is 0 Å². The van der Waals surface area contributed by atoms with Gasteiger partial charge in [0.2, 0.25) is 5.89 Å². The number of oxazole rings is 1. The molecular weight excluding hydrogens is 368 g/mol. The van der Waals surface area contributed by atoms with Gasteiger partial charge in [-0.15, -0.1) is 11.8 Å². The highest BCUT2D eigenvalue weighted by molar-refractivity contribution is 8.00. The smallest absolute Gasteiger partial charge is 0.257 e. The Bertz CT molecular complexity index is 912. The van der Waals surface area contributed by atoms with Gasteiger partial charge in [-0.25, -0.2) is 9.97 Å². The quantitative estimate of drug-likeness (QED) is 0.492. The monoisotopic (exact) mass is 388 g/mol. The number of nitrogens with one attached hydrogen (secondary N) is 1. The van der Waals surface area contributed by atoms with Crippen LogP contribution in [0.5, 0.6) is 0 Å². The summed E-state index contributed by atoms with van der Waals surface area (Å²) in [4.78, 5) is 20.8. The van der Waals surface area contributed by atoms with Crippen molar-refractivity contribution in [2.45, 2.75) is 36.1 Å². The molecule has 26 heavy (non-hydrogen) atoms. The Hall–Kier alpha value is -2.32. The molecule has 1 amide bonds. The lowest BCUT2D eigenvalue weighted by atomic mass is 9.94. The number of nitrogens with zero attached hydrogens (tertiary/aromatic N) is 2. The third-order valence-corrected chi connectivity index (χ3v) is 5.58. The highest BCUT2D eigenvalue weighted by Gasteiger charge is 2.19. The molecule has 3 rings (SSSR count). The van der Waals surface area contributed by atoms with Crippen LogP contribution >= 0.6 is 23.1 Å². The molecule has 8 heteroatoms. The van der Waals surface area contributed by atoms with Crippen LogP contribution in [0.3, 0.4) is 0 Å². The predicted octanol–water partition coefficient (Wildman–Crippen LogP) is 4.56. The Morgan fingerprint density at radius 2 is 2.12 bits per heavy atom. The van der Waals surface area contributed by atoms with E-state index in [1.165, 1.54) is 11.3 Å². The summed E-state index contributed by atoms with van der Waals surface area (Å²) in [5.74, 6) is 1.93. The van der Waals surface area contributed by atoms with E-state index in [1.54, 1.807) is 48.4 Å². The van der Waals surface area contributed by atoms with Gasteiger partial charge in [0.25, 0.3) is 5.91 Å². The number of hydrogen-bond donors (Lipinski definition) is 2. The number of anilines is 2. The molecule has 3 N–H and O–H groups in total. The molecule has 0 saturated carbocycles. The number of rotatable bonds is 5. The number of hydrogen-bond acceptors (Lipinski definition) is 7. The molecule has 0 unspecified atom stereocenters.